The van der Waals surface area contributed by atoms with E-state index in [1.54, 1.807) is 13.8 Å². The van der Waals surface area contributed by atoms with E-state index in [0.29, 0.717) is 6.26 Å². The average Bonchev–Trinajstić information content (AvgIpc) is 3.34. The highest BCUT2D eigenvalue weighted by Gasteiger charge is 2.55. The van der Waals surface area contributed by atoms with Gasteiger partial charge in [0, 0.05) is 5.57 Å². The topological polar surface area (TPSA) is 136 Å². The van der Waals surface area contributed by atoms with E-state index < -0.39 is 61.3 Å². The Morgan fingerprint density at radius 2 is 1.21 bits per heavy atom. The van der Waals surface area contributed by atoms with Gasteiger partial charge in [0.1, 0.15) is 23.6 Å². The second kappa shape index (κ2) is 12.3. The van der Waals surface area contributed by atoms with Crippen molar-refractivity contribution in [1.29, 1.82) is 0 Å². The molecule has 0 unspecified atom stereocenters. The molecular weight excluding hydrogens is 587 g/mol. The zero-order valence-electron chi connectivity index (χ0n) is 23.3. The molecule has 226 valence electrons. The highest BCUT2D eigenvalue weighted by Crippen LogP contribution is 2.48. The summed E-state index contributed by atoms with van der Waals surface area (Å²) in [5.74, 6) is -3.73. The van der Waals surface area contributed by atoms with Gasteiger partial charge in [-0.25, -0.2) is 4.39 Å². The first kappa shape index (κ1) is 32.0. The summed E-state index contributed by atoms with van der Waals surface area (Å²) in [7, 11) is -8.13. The first-order valence-electron chi connectivity index (χ1n) is 13.0. The number of ether oxygens (including phenoxy) is 3. The van der Waals surface area contributed by atoms with Crippen LogP contribution in [0.4, 0.5) is 4.39 Å². The molecule has 1 fully saturated rings. The minimum atomic E-state index is -4.46. The van der Waals surface area contributed by atoms with Gasteiger partial charge in [-0.3, -0.25) is 9.11 Å². The van der Waals surface area contributed by atoms with Crippen molar-refractivity contribution >= 4 is 20.2 Å². The number of halogens is 1. The van der Waals surface area contributed by atoms with Gasteiger partial charge in [0.2, 0.25) is 0 Å². The van der Waals surface area contributed by atoms with Crippen molar-refractivity contribution in [2.45, 2.75) is 37.4 Å². The fraction of sp³-hybridized carbons (Fsp3) is 0.333. The lowest BCUT2D eigenvalue weighted by molar-refractivity contribution is -0.150. The molecule has 42 heavy (non-hydrogen) atoms. The van der Waals surface area contributed by atoms with E-state index >= 15 is 4.39 Å². The standard InChI is InChI=1S/C29H29FO6S.CH4O3S/c1-28(2)35-26-23(25(30)24(27(26)36-28)19-37(31,32)33)18-34-29(20-12-6-3-7-13-20,21-14-8-4-9-15-21)22-16-10-5-11-17-22;1-5(2,3)4/h3-17,24,26-27H,18-19H2,1-2H3,(H,31,32,33);1H3,(H,2,3,4)/t24-,26+,27+;/m0./s1. The van der Waals surface area contributed by atoms with E-state index in [1.807, 2.05) is 91.0 Å². The zero-order chi connectivity index (χ0) is 30.8. The fourth-order valence-electron chi connectivity index (χ4n) is 5.37. The van der Waals surface area contributed by atoms with Crippen LogP contribution in [-0.4, -0.2) is 62.6 Å². The molecule has 9 nitrogen and oxygen atoms in total. The molecule has 2 aliphatic rings. The zero-order valence-corrected chi connectivity index (χ0v) is 24.9. The van der Waals surface area contributed by atoms with E-state index in [-0.39, 0.29) is 12.2 Å². The Hall–Kier alpha value is -2.97. The number of rotatable bonds is 8. The van der Waals surface area contributed by atoms with Crippen molar-refractivity contribution in [3.63, 3.8) is 0 Å². The van der Waals surface area contributed by atoms with Crippen LogP contribution in [0, 0.1) is 5.92 Å². The largest absolute Gasteiger partial charge is 0.356 e. The van der Waals surface area contributed by atoms with Crippen LogP contribution in [0.15, 0.2) is 102 Å². The summed E-state index contributed by atoms with van der Waals surface area (Å²) in [6.07, 6.45) is -1.02. The summed E-state index contributed by atoms with van der Waals surface area (Å²) in [5.41, 5.74) is 1.63. The third-order valence-electron chi connectivity index (χ3n) is 6.88. The summed E-state index contributed by atoms with van der Waals surface area (Å²) >= 11 is 0. The van der Waals surface area contributed by atoms with Crippen molar-refractivity contribution < 1.29 is 44.5 Å². The van der Waals surface area contributed by atoms with Gasteiger partial charge in [-0.2, -0.15) is 16.8 Å². The van der Waals surface area contributed by atoms with Crippen molar-refractivity contribution in [3.05, 3.63) is 119 Å². The van der Waals surface area contributed by atoms with Crippen LogP contribution in [0.25, 0.3) is 0 Å². The second-order valence-electron chi connectivity index (χ2n) is 10.5. The van der Waals surface area contributed by atoms with E-state index in [1.165, 1.54) is 0 Å². The molecule has 0 aromatic heterocycles. The number of hydrogen-bond donors (Lipinski definition) is 2. The minimum absolute atomic E-state index is 0.177. The Kier molecular flexibility index (Phi) is 9.38. The molecule has 0 amide bonds. The monoisotopic (exact) mass is 620 g/mol. The highest BCUT2D eigenvalue weighted by molar-refractivity contribution is 7.85. The molecule has 1 saturated heterocycles. The third kappa shape index (κ3) is 7.51. The highest BCUT2D eigenvalue weighted by atomic mass is 32.2. The summed E-state index contributed by atoms with van der Waals surface area (Å²) in [6, 6.07) is 29.0. The van der Waals surface area contributed by atoms with Crippen LogP contribution in [-0.2, 0) is 40.0 Å². The van der Waals surface area contributed by atoms with Gasteiger partial charge in [-0.05, 0) is 30.5 Å². The molecule has 5 rings (SSSR count). The molecule has 2 N–H and O–H groups in total. The predicted octanol–water partition coefficient (Wildman–Crippen LogP) is 4.76. The van der Waals surface area contributed by atoms with Gasteiger partial charge in [-0.15, -0.1) is 0 Å². The van der Waals surface area contributed by atoms with Crippen LogP contribution >= 0.6 is 0 Å². The van der Waals surface area contributed by atoms with E-state index in [2.05, 4.69) is 0 Å². The lowest BCUT2D eigenvalue weighted by Gasteiger charge is -2.36. The summed E-state index contributed by atoms with van der Waals surface area (Å²) in [6.45, 7) is 3.19. The van der Waals surface area contributed by atoms with Crippen molar-refractivity contribution in [1.82, 2.24) is 0 Å². The smallest absolute Gasteiger partial charge is 0.265 e. The molecule has 1 aliphatic carbocycles. The molecule has 3 aromatic rings. The normalized spacial score (nSPS) is 21.9. The van der Waals surface area contributed by atoms with Crippen LogP contribution in [0.3, 0.4) is 0 Å². The summed E-state index contributed by atoms with van der Waals surface area (Å²) in [4.78, 5) is 0. The Morgan fingerprint density at radius 1 is 0.810 bits per heavy atom. The Labute approximate surface area is 245 Å². The number of hydrogen-bond acceptors (Lipinski definition) is 7. The SMILES string of the molecule is CC1(C)O[C@H]2[C@H](O1)C(COC(c1ccccc1)(c1ccccc1)c1ccccc1)=C(F)[C@@H]2CS(=O)(=O)O.CS(=O)(=O)O. The van der Waals surface area contributed by atoms with Gasteiger partial charge in [-0.1, -0.05) is 91.0 Å². The maximum absolute atomic E-state index is 15.8. The van der Waals surface area contributed by atoms with Crippen LogP contribution < -0.4 is 0 Å². The molecule has 0 saturated carbocycles. The Bertz CT molecular complexity index is 1500. The van der Waals surface area contributed by atoms with E-state index in [9.17, 15) is 21.4 Å². The Morgan fingerprint density at radius 3 is 1.60 bits per heavy atom. The number of benzene rings is 3. The van der Waals surface area contributed by atoms with Crippen molar-refractivity contribution in [2.75, 3.05) is 18.6 Å². The molecular formula is C30H33FO9S2. The summed E-state index contributed by atoms with van der Waals surface area (Å²) < 4.78 is 93.2. The first-order chi connectivity index (χ1) is 19.6. The third-order valence-corrected chi connectivity index (χ3v) is 7.66. The second-order valence-corrected chi connectivity index (χ2v) is 13.5. The van der Waals surface area contributed by atoms with Gasteiger partial charge in [0.25, 0.3) is 20.2 Å². The number of fused-ring (bicyclic) bond motifs is 1. The summed E-state index contributed by atoms with van der Waals surface area (Å²) in [5, 5.41) is 0. The van der Waals surface area contributed by atoms with Gasteiger partial charge in [0.15, 0.2) is 5.79 Å². The lowest BCUT2D eigenvalue weighted by atomic mass is 9.80. The van der Waals surface area contributed by atoms with Crippen LogP contribution in [0.1, 0.15) is 30.5 Å². The van der Waals surface area contributed by atoms with E-state index in [4.69, 9.17) is 18.8 Å². The molecule has 3 aromatic carbocycles. The maximum atomic E-state index is 15.8. The van der Waals surface area contributed by atoms with Gasteiger partial charge in [0.05, 0.1) is 24.5 Å². The molecule has 3 atom stereocenters. The Balaban J connectivity index is 0.000000748. The minimum Gasteiger partial charge on any atom is -0.356 e. The van der Waals surface area contributed by atoms with Crippen molar-refractivity contribution in [3.8, 4) is 0 Å². The fourth-order valence-corrected chi connectivity index (χ4v) is 6.16. The van der Waals surface area contributed by atoms with Crippen LogP contribution in [0.5, 0.6) is 0 Å². The van der Waals surface area contributed by atoms with Gasteiger partial charge < -0.3 is 14.2 Å². The van der Waals surface area contributed by atoms with Gasteiger partial charge >= 0.3 is 0 Å². The average molecular weight is 621 g/mol. The molecule has 0 bridgehead atoms. The molecule has 12 heteroatoms. The van der Waals surface area contributed by atoms with Crippen molar-refractivity contribution in [2.24, 2.45) is 5.92 Å². The quantitative estimate of drug-likeness (QED) is 0.270. The molecule has 1 aliphatic heterocycles. The van der Waals surface area contributed by atoms with E-state index in [0.717, 1.165) is 16.7 Å². The van der Waals surface area contributed by atoms with Crippen LogP contribution in [0.2, 0.25) is 0 Å². The first-order valence-corrected chi connectivity index (χ1v) is 16.5. The molecule has 1 heterocycles. The maximum Gasteiger partial charge on any atom is 0.265 e. The molecule has 0 spiro atoms. The lowest BCUT2D eigenvalue weighted by Crippen LogP contribution is -2.35. The predicted molar refractivity (Wildman–Crippen MR) is 154 cm³/mol. The molecule has 0 radical (unpaired) electrons.